The van der Waals surface area contributed by atoms with E-state index < -0.39 is 0 Å². The van der Waals surface area contributed by atoms with Crippen LogP contribution < -0.4 is 0 Å². The molecule has 0 aromatic carbocycles. The molecule has 0 N–H and O–H groups in total. The molecular weight excluding hydrogens is 108 g/mol. The van der Waals surface area contributed by atoms with Crippen molar-refractivity contribution >= 4 is 0 Å². The summed E-state index contributed by atoms with van der Waals surface area (Å²) in [4.78, 5) is 0. The van der Waals surface area contributed by atoms with Gasteiger partial charge >= 0.3 is 0 Å². The van der Waals surface area contributed by atoms with Gasteiger partial charge in [0.05, 0.1) is 0 Å². The quantitative estimate of drug-likeness (QED) is 0.462. The monoisotopic (exact) mass is 121 g/mol. The maximum absolute atomic E-state index is 2.34. The highest BCUT2D eigenvalue weighted by Gasteiger charge is 1.86. The van der Waals surface area contributed by atoms with Gasteiger partial charge in [-0.05, 0) is 32.1 Å². The zero-order valence-electron chi connectivity index (χ0n) is 5.72. The minimum absolute atomic E-state index is 1.14. The summed E-state index contributed by atoms with van der Waals surface area (Å²) in [7, 11) is 0. The van der Waals surface area contributed by atoms with Crippen molar-refractivity contribution in [2.75, 3.05) is 0 Å². The maximum atomic E-state index is 2.34. The van der Waals surface area contributed by atoms with Crippen molar-refractivity contribution < 1.29 is 0 Å². The number of allylic oxidation sites excluding steroid dienone is 4. The number of hydrogen-bond donors (Lipinski definition) is 0. The van der Waals surface area contributed by atoms with Crippen LogP contribution in [-0.2, 0) is 0 Å². The topological polar surface area (TPSA) is 0 Å². The third-order valence-corrected chi connectivity index (χ3v) is 1.47. The lowest BCUT2D eigenvalue weighted by atomic mass is 10.1. The summed E-state index contributed by atoms with van der Waals surface area (Å²) >= 11 is 0. The van der Waals surface area contributed by atoms with E-state index in [0.29, 0.717) is 0 Å². The lowest BCUT2D eigenvalue weighted by Crippen LogP contribution is -1.73. The van der Waals surface area contributed by atoms with Gasteiger partial charge in [-0.2, -0.15) is 0 Å². The van der Waals surface area contributed by atoms with Crippen molar-refractivity contribution in [3.05, 3.63) is 30.7 Å². The summed E-state index contributed by atoms with van der Waals surface area (Å²) < 4.78 is 0. The van der Waals surface area contributed by atoms with Crippen LogP contribution in [-0.4, -0.2) is 0 Å². The maximum Gasteiger partial charge on any atom is -0.0316 e. The van der Waals surface area contributed by atoms with Crippen molar-refractivity contribution in [3.8, 4) is 0 Å². The van der Waals surface area contributed by atoms with Gasteiger partial charge < -0.3 is 0 Å². The molecule has 49 valence electrons. The predicted octanol–water partition coefficient (Wildman–Crippen LogP) is 2.88. The Morgan fingerprint density at radius 2 is 1.78 bits per heavy atom. The van der Waals surface area contributed by atoms with Crippen LogP contribution >= 0.6 is 0 Å². The van der Waals surface area contributed by atoms with E-state index in [0.717, 1.165) is 6.42 Å². The Morgan fingerprint density at radius 3 is 2.78 bits per heavy atom. The Kier molecular flexibility index (Phi) is 3.20. The summed E-state index contributed by atoms with van der Waals surface area (Å²) in [5.74, 6) is 0. The molecular formula is C9H13. The first-order chi connectivity index (χ1) is 4.50. The molecule has 0 saturated heterocycles. The normalized spacial score (nSPS) is 20.4. The molecule has 0 fully saturated rings. The summed E-state index contributed by atoms with van der Waals surface area (Å²) in [6, 6.07) is 0. The molecule has 0 heterocycles. The molecule has 0 bridgehead atoms. The van der Waals surface area contributed by atoms with Gasteiger partial charge in [-0.1, -0.05) is 24.3 Å². The van der Waals surface area contributed by atoms with Gasteiger partial charge in [0, 0.05) is 0 Å². The molecule has 1 aliphatic carbocycles. The fourth-order valence-corrected chi connectivity index (χ4v) is 0.926. The Morgan fingerprint density at radius 1 is 0.889 bits per heavy atom. The fraction of sp³-hybridized carbons (Fsp3) is 0.444. The third-order valence-electron chi connectivity index (χ3n) is 1.47. The van der Waals surface area contributed by atoms with E-state index in [1.54, 1.807) is 0 Å². The smallest absolute Gasteiger partial charge is 0.0316 e. The van der Waals surface area contributed by atoms with Gasteiger partial charge in [0.15, 0.2) is 0 Å². The van der Waals surface area contributed by atoms with Crippen LogP contribution in [0.2, 0.25) is 0 Å². The first-order valence-electron chi connectivity index (χ1n) is 3.63. The van der Waals surface area contributed by atoms with Crippen LogP contribution in [0, 0.1) is 6.42 Å². The van der Waals surface area contributed by atoms with Crippen molar-refractivity contribution in [2.24, 2.45) is 0 Å². The van der Waals surface area contributed by atoms with E-state index in [4.69, 9.17) is 0 Å². The predicted molar refractivity (Wildman–Crippen MR) is 41.0 cm³/mol. The first-order valence-corrected chi connectivity index (χ1v) is 3.63. The van der Waals surface area contributed by atoms with Crippen LogP contribution in [0.15, 0.2) is 24.3 Å². The Labute approximate surface area is 57.3 Å². The van der Waals surface area contributed by atoms with E-state index in [-0.39, 0.29) is 0 Å². The average molecular weight is 121 g/mol. The molecule has 9 heavy (non-hydrogen) atoms. The highest BCUT2D eigenvalue weighted by Crippen LogP contribution is 2.05. The van der Waals surface area contributed by atoms with Gasteiger partial charge in [-0.15, -0.1) is 0 Å². The molecule has 0 atom stereocenters. The Balaban J connectivity index is 2.28. The number of hydrogen-bond acceptors (Lipinski definition) is 0. The molecule has 0 nitrogen and oxygen atoms in total. The summed E-state index contributed by atoms with van der Waals surface area (Å²) in [5, 5.41) is 0. The average Bonchev–Trinajstić information content (AvgIpc) is 2.00. The second kappa shape index (κ2) is 4.37. The molecule has 0 aliphatic heterocycles. The molecule has 0 heteroatoms. The van der Waals surface area contributed by atoms with Gasteiger partial charge in [-0.3, -0.25) is 0 Å². The molecule has 0 aromatic rings. The fourth-order valence-electron chi connectivity index (χ4n) is 0.926. The largest absolute Gasteiger partial charge is 0.0845 e. The zero-order chi connectivity index (χ0) is 6.36. The summed E-state index contributed by atoms with van der Waals surface area (Å²) in [5.41, 5.74) is 0. The van der Waals surface area contributed by atoms with Crippen molar-refractivity contribution in [1.82, 2.24) is 0 Å². The van der Waals surface area contributed by atoms with Gasteiger partial charge in [0.2, 0.25) is 0 Å². The third kappa shape index (κ3) is 3.12. The van der Waals surface area contributed by atoms with Gasteiger partial charge in [-0.25, -0.2) is 0 Å². The molecule has 1 aliphatic rings. The molecule has 1 rings (SSSR count). The summed E-state index contributed by atoms with van der Waals surface area (Å²) in [6.45, 7) is 0. The molecule has 0 unspecified atom stereocenters. The second-order valence-electron chi connectivity index (χ2n) is 2.31. The van der Waals surface area contributed by atoms with Crippen LogP contribution in [0.25, 0.3) is 0 Å². The van der Waals surface area contributed by atoms with Gasteiger partial charge in [0.1, 0.15) is 0 Å². The zero-order valence-corrected chi connectivity index (χ0v) is 5.72. The molecule has 0 aromatic heterocycles. The SMILES string of the molecule is [CH]1CC=CC=CCCC1. The van der Waals surface area contributed by atoms with Crippen LogP contribution in [0.3, 0.4) is 0 Å². The molecule has 0 amide bonds. The van der Waals surface area contributed by atoms with Crippen molar-refractivity contribution in [3.63, 3.8) is 0 Å². The first kappa shape index (κ1) is 6.60. The van der Waals surface area contributed by atoms with E-state index in [9.17, 15) is 0 Å². The minimum atomic E-state index is 1.14. The lowest BCUT2D eigenvalue weighted by molar-refractivity contribution is 0.814. The van der Waals surface area contributed by atoms with Crippen LogP contribution in [0.1, 0.15) is 25.7 Å². The van der Waals surface area contributed by atoms with E-state index in [1.807, 2.05) is 0 Å². The van der Waals surface area contributed by atoms with E-state index in [1.165, 1.54) is 19.3 Å². The molecule has 1 radical (unpaired) electrons. The second-order valence-corrected chi connectivity index (χ2v) is 2.31. The minimum Gasteiger partial charge on any atom is -0.0845 e. The van der Waals surface area contributed by atoms with Crippen LogP contribution in [0.5, 0.6) is 0 Å². The standard InChI is InChI=1S/C9H13/c1-2-4-6-8-9-7-5-3-1/h1-4,7H,5-6,8-9H2. The molecule has 0 saturated carbocycles. The highest BCUT2D eigenvalue weighted by atomic mass is 13.9. The summed E-state index contributed by atoms with van der Waals surface area (Å²) in [6.07, 6.45) is 16.0. The van der Waals surface area contributed by atoms with Crippen molar-refractivity contribution in [1.29, 1.82) is 0 Å². The van der Waals surface area contributed by atoms with Gasteiger partial charge in [0.25, 0.3) is 0 Å². The van der Waals surface area contributed by atoms with E-state index in [2.05, 4.69) is 30.7 Å². The van der Waals surface area contributed by atoms with Crippen molar-refractivity contribution in [2.45, 2.75) is 25.7 Å². The Bertz CT molecular complexity index is 95.2. The van der Waals surface area contributed by atoms with Crippen LogP contribution in [0.4, 0.5) is 0 Å². The Hall–Kier alpha value is -0.520. The highest BCUT2D eigenvalue weighted by molar-refractivity contribution is 5.04. The lowest BCUT2D eigenvalue weighted by Gasteiger charge is -1.91. The molecule has 0 spiro atoms. The van der Waals surface area contributed by atoms with E-state index >= 15 is 0 Å². The number of rotatable bonds is 0.